The lowest BCUT2D eigenvalue weighted by Gasteiger charge is -2.25. The highest BCUT2D eigenvalue weighted by molar-refractivity contribution is 5.80. The lowest BCUT2D eigenvalue weighted by Crippen LogP contribution is -2.47. The van der Waals surface area contributed by atoms with Crippen molar-refractivity contribution in [3.63, 3.8) is 0 Å². The molecule has 28 heavy (non-hydrogen) atoms. The van der Waals surface area contributed by atoms with Crippen molar-refractivity contribution < 1.29 is 9.13 Å². The predicted molar refractivity (Wildman–Crippen MR) is 102 cm³/mol. The predicted octanol–water partition coefficient (Wildman–Crippen LogP) is 1.51. The van der Waals surface area contributed by atoms with Crippen molar-refractivity contribution in [1.29, 1.82) is 5.26 Å². The first-order valence-corrected chi connectivity index (χ1v) is 9.27. The molecule has 0 radical (unpaired) electrons. The monoisotopic (exact) mass is 385 g/mol. The second-order valence-electron chi connectivity index (χ2n) is 6.55. The van der Waals surface area contributed by atoms with Crippen LogP contribution < -0.4 is 10.6 Å². The molecule has 3 rings (SSSR count). The molecule has 0 bridgehead atoms. The topological polar surface area (TPSA) is 100 Å². The molecule has 1 unspecified atom stereocenters. The number of benzene rings is 1. The standard InChI is InChI=1S/C19H24FN7O/c1-3-22-19(23-10-14-5-4-13(9-21)8-16(14)20)24-15-6-7-18-25-17(12-28-2)26-27(18)11-15/h4-5,8,15H,3,6-7,10-12H2,1-2H3,(H2,22,23,24). The molecule has 1 aromatic carbocycles. The van der Waals surface area contributed by atoms with Gasteiger partial charge in [0.25, 0.3) is 0 Å². The highest BCUT2D eigenvalue weighted by atomic mass is 19.1. The van der Waals surface area contributed by atoms with Crippen molar-refractivity contribution in [2.45, 2.75) is 45.5 Å². The Morgan fingerprint density at radius 1 is 1.50 bits per heavy atom. The lowest BCUT2D eigenvalue weighted by molar-refractivity contribution is 0.177. The van der Waals surface area contributed by atoms with Gasteiger partial charge in [0.1, 0.15) is 18.2 Å². The van der Waals surface area contributed by atoms with E-state index in [1.54, 1.807) is 19.2 Å². The Morgan fingerprint density at radius 2 is 2.36 bits per heavy atom. The van der Waals surface area contributed by atoms with Crippen LogP contribution in [0.4, 0.5) is 4.39 Å². The Morgan fingerprint density at radius 3 is 3.07 bits per heavy atom. The molecule has 1 aromatic heterocycles. The van der Waals surface area contributed by atoms with E-state index >= 15 is 0 Å². The van der Waals surface area contributed by atoms with Crippen LogP contribution in [0.1, 0.15) is 36.1 Å². The van der Waals surface area contributed by atoms with Gasteiger partial charge in [-0.1, -0.05) is 6.07 Å². The fourth-order valence-corrected chi connectivity index (χ4v) is 3.09. The molecular formula is C19H24FN7O. The third-order valence-corrected chi connectivity index (χ3v) is 4.45. The first-order chi connectivity index (χ1) is 13.6. The maximum Gasteiger partial charge on any atom is 0.191 e. The summed E-state index contributed by atoms with van der Waals surface area (Å²) in [4.78, 5) is 8.97. The van der Waals surface area contributed by atoms with Crippen LogP contribution in [0.2, 0.25) is 0 Å². The molecule has 0 saturated heterocycles. The number of aromatic nitrogens is 3. The molecule has 9 heteroatoms. The van der Waals surface area contributed by atoms with Crippen LogP contribution in [0.5, 0.6) is 0 Å². The lowest BCUT2D eigenvalue weighted by atomic mass is 10.1. The largest absolute Gasteiger partial charge is 0.377 e. The van der Waals surface area contributed by atoms with Gasteiger partial charge >= 0.3 is 0 Å². The van der Waals surface area contributed by atoms with Crippen molar-refractivity contribution in [2.75, 3.05) is 13.7 Å². The summed E-state index contributed by atoms with van der Waals surface area (Å²) in [6, 6.07) is 6.50. The van der Waals surface area contributed by atoms with E-state index in [1.165, 1.54) is 6.07 Å². The highest BCUT2D eigenvalue weighted by Gasteiger charge is 2.22. The van der Waals surface area contributed by atoms with Crippen molar-refractivity contribution in [2.24, 2.45) is 4.99 Å². The Labute approximate surface area is 163 Å². The molecule has 1 atom stereocenters. The summed E-state index contributed by atoms with van der Waals surface area (Å²) < 4.78 is 21.1. The Kier molecular flexibility index (Phi) is 6.55. The van der Waals surface area contributed by atoms with Gasteiger partial charge < -0.3 is 15.4 Å². The second kappa shape index (κ2) is 9.28. The fourth-order valence-electron chi connectivity index (χ4n) is 3.09. The molecule has 0 saturated carbocycles. The highest BCUT2D eigenvalue weighted by Crippen LogP contribution is 2.14. The van der Waals surface area contributed by atoms with Gasteiger partial charge in [-0.15, -0.1) is 0 Å². The molecule has 2 heterocycles. The summed E-state index contributed by atoms with van der Waals surface area (Å²) in [6.07, 6.45) is 1.72. The molecule has 8 nitrogen and oxygen atoms in total. The van der Waals surface area contributed by atoms with Gasteiger partial charge in [0.15, 0.2) is 11.8 Å². The van der Waals surface area contributed by atoms with Gasteiger partial charge in [0, 0.05) is 31.7 Å². The number of aliphatic imine (C=N–C) groups is 1. The number of hydrogen-bond acceptors (Lipinski definition) is 5. The summed E-state index contributed by atoms with van der Waals surface area (Å²) >= 11 is 0. The fraction of sp³-hybridized carbons (Fsp3) is 0.474. The third kappa shape index (κ3) is 4.84. The summed E-state index contributed by atoms with van der Waals surface area (Å²) in [5.41, 5.74) is 0.747. The summed E-state index contributed by atoms with van der Waals surface area (Å²) in [6.45, 7) is 3.94. The molecule has 0 aliphatic carbocycles. The number of rotatable bonds is 6. The van der Waals surface area contributed by atoms with Crippen LogP contribution in [-0.2, 0) is 30.9 Å². The van der Waals surface area contributed by atoms with Crippen LogP contribution in [-0.4, -0.2) is 40.4 Å². The number of guanidine groups is 1. The first kappa shape index (κ1) is 19.8. The van der Waals surface area contributed by atoms with Crippen LogP contribution in [0.25, 0.3) is 0 Å². The smallest absolute Gasteiger partial charge is 0.191 e. The van der Waals surface area contributed by atoms with E-state index in [2.05, 4.69) is 25.7 Å². The third-order valence-electron chi connectivity index (χ3n) is 4.45. The van der Waals surface area contributed by atoms with E-state index < -0.39 is 5.82 Å². The van der Waals surface area contributed by atoms with Gasteiger partial charge in [-0.25, -0.2) is 19.0 Å². The van der Waals surface area contributed by atoms with E-state index in [-0.39, 0.29) is 12.6 Å². The van der Waals surface area contributed by atoms with Crippen molar-refractivity contribution in [3.8, 4) is 6.07 Å². The molecule has 2 aromatic rings. The molecule has 0 spiro atoms. The number of methoxy groups -OCH3 is 1. The maximum atomic E-state index is 14.1. The average Bonchev–Trinajstić information content (AvgIpc) is 3.09. The summed E-state index contributed by atoms with van der Waals surface area (Å²) in [7, 11) is 1.63. The van der Waals surface area contributed by atoms with Crippen LogP contribution >= 0.6 is 0 Å². The number of aryl methyl sites for hydroxylation is 1. The molecule has 1 aliphatic heterocycles. The number of nitrogens with one attached hydrogen (secondary N) is 2. The number of fused-ring (bicyclic) bond motifs is 1. The van der Waals surface area contributed by atoms with Crippen LogP contribution in [0.15, 0.2) is 23.2 Å². The van der Waals surface area contributed by atoms with E-state index in [1.807, 2.05) is 17.7 Å². The average molecular weight is 385 g/mol. The van der Waals surface area contributed by atoms with Gasteiger partial charge in [-0.3, -0.25) is 0 Å². The molecule has 0 fully saturated rings. The van der Waals surface area contributed by atoms with E-state index in [9.17, 15) is 4.39 Å². The van der Waals surface area contributed by atoms with Crippen LogP contribution in [0.3, 0.4) is 0 Å². The van der Waals surface area contributed by atoms with Gasteiger partial charge in [0.05, 0.1) is 24.7 Å². The van der Waals surface area contributed by atoms with Crippen LogP contribution in [0, 0.1) is 17.1 Å². The Bertz CT molecular complexity index is 887. The second-order valence-corrected chi connectivity index (χ2v) is 6.55. The Balaban J connectivity index is 1.66. The van der Waals surface area contributed by atoms with Gasteiger partial charge in [-0.05, 0) is 25.5 Å². The molecule has 2 N–H and O–H groups in total. The minimum Gasteiger partial charge on any atom is -0.377 e. The molecular weight excluding hydrogens is 361 g/mol. The summed E-state index contributed by atoms with van der Waals surface area (Å²) in [5.74, 6) is 1.85. The quantitative estimate of drug-likeness (QED) is 0.577. The van der Waals surface area contributed by atoms with Gasteiger partial charge in [0.2, 0.25) is 0 Å². The number of ether oxygens (including phenoxy) is 1. The van der Waals surface area contributed by atoms with Crippen molar-refractivity contribution in [1.82, 2.24) is 25.4 Å². The normalized spacial score (nSPS) is 16.4. The number of nitrogens with zero attached hydrogens (tertiary/aromatic N) is 5. The zero-order chi connectivity index (χ0) is 19.9. The van der Waals surface area contributed by atoms with Crippen molar-refractivity contribution in [3.05, 3.63) is 46.8 Å². The van der Waals surface area contributed by atoms with E-state index in [4.69, 9.17) is 10.00 Å². The minimum atomic E-state index is -0.422. The van der Waals surface area contributed by atoms with Crippen molar-refractivity contribution >= 4 is 5.96 Å². The SMILES string of the molecule is CCNC(=NCc1ccc(C#N)cc1F)NC1CCc2nc(COC)nn2C1. The molecule has 0 amide bonds. The number of nitriles is 1. The van der Waals surface area contributed by atoms with Gasteiger partial charge in [-0.2, -0.15) is 10.4 Å². The van der Waals surface area contributed by atoms with E-state index in [0.29, 0.717) is 42.6 Å². The zero-order valence-corrected chi connectivity index (χ0v) is 16.1. The molecule has 148 valence electrons. The number of halogens is 1. The van der Waals surface area contributed by atoms with E-state index in [0.717, 1.165) is 18.7 Å². The molecule has 1 aliphatic rings. The number of hydrogen-bond donors (Lipinski definition) is 2. The first-order valence-electron chi connectivity index (χ1n) is 9.27. The Hall–Kier alpha value is -2.99. The maximum absolute atomic E-state index is 14.1. The summed E-state index contributed by atoms with van der Waals surface area (Å²) in [5, 5.41) is 19.9. The minimum absolute atomic E-state index is 0.146. The zero-order valence-electron chi connectivity index (χ0n) is 16.1.